The standard InChI is InChI=1S/C26H24N4O3S/c1-2-16-33-21-14-12-19(13-15-21)17-27-29-24(31)18-34-26-28-23-11-7-6-10-22(23)25(32)30(26)20-8-4-3-5-9-20/h3-15,17H,2,16,18H2,1H3,(H,29,31)/b27-17-. The maximum Gasteiger partial charge on any atom is 0.266 e. The summed E-state index contributed by atoms with van der Waals surface area (Å²) < 4.78 is 7.09. The van der Waals surface area contributed by atoms with Crippen molar-refractivity contribution in [2.45, 2.75) is 18.5 Å². The Morgan fingerprint density at radius 1 is 1.06 bits per heavy atom. The number of fused-ring (bicyclic) bond motifs is 1. The predicted molar refractivity (Wildman–Crippen MR) is 136 cm³/mol. The van der Waals surface area contributed by atoms with Gasteiger partial charge in [-0.2, -0.15) is 5.10 Å². The van der Waals surface area contributed by atoms with Crippen molar-refractivity contribution in [2.75, 3.05) is 12.4 Å². The van der Waals surface area contributed by atoms with Gasteiger partial charge in [-0.1, -0.05) is 49.0 Å². The molecule has 0 saturated heterocycles. The molecule has 0 aliphatic heterocycles. The molecule has 34 heavy (non-hydrogen) atoms. The normalized spacial score (nSPS) is 11.1. The Bertz CT molecular complexity index is 1350. The molecular weight excluding hydrogens is 448 g/mol. The van der Waals surface area contributed by atoms with Gasteiger partial charge in [0.2, 0.25) is 0 Å². The highest BCUT2D eigenvalue weighted by atomic mass is 32.2. The van der Waals surface area contributed by atoms with Crippen molar-refractivity contribution >= 4 is 34.8 Å². The van der Waals surface area contributed by atoms with Gasteiger partial charge in [-0.3, -0.25) is 14.2 Å². The highest BCUT2D eigenvalue weighted by Gasteiger charge is 2.14. The number of hydrogen-bond donors (Lipinski definition) is 1. The molecule has 0 aliphatic carbocycles. The van der Waals surface area contributed by atoms with E-state index in [-0.39, 0.29) is 17.2 Å². The van der Waals surface area contributed by atoms with E-state index in [0.29, 0.717) is 28.4 Å². The lowest BCUT2D eigenvalue weighted by molar-refractivity contribution is -0.118. The molecule has 0 fully saturated rings. The fourth-order valence-corrected chi connectivity index (χ4v) is 4.03. The van der Waals surface area contributed by atoms with E-state index in [9.17, 15) is 9.59 Å². The number of para-hydroxylation sites is 2. The first kappa shape index (κ1) is 23.3. The zero-order valence-corrected chi connectivity index (χ0v) is 19.5. The summed E-state index contributed by atoms with van der Waals surface area (Å²) in [6, 6.07) is 23.9. The Kier molecular flexibility index (Phi) is 7.72. The summed E-state index contributed by atoms with van der Waals surface area (Å²) in [7, 11) is 0. The summed E-state index contributed by atoms with van der Waals surface area (Å²) in [5.41, 5.74) is 4.47. The molecule has 1 heterocycles. The number of ether oxygens (including phenoxy) is 1. The highest BCUT2D eigenvalue weighted by Crippen LogP contribution is 2.21. The van der Waals surface area contributed by atoms with Gasteiger partial charge in [-0.25, -0.2) is 10.4 Å². The van der Waals surface area contributed by atoms with Crippen molar-refractivity contribution in [3.63, 3.8) is 0 Å². The van der Waals surface area contributed by atoms with Crippen molar-refractivity contribution < 1.29 is 9.53 Å². The minimum absolute atomic E-state index is 0.0543. The van der Waals surface area contributed by atoms with Gasteiger partial charge < -0.3 is 4.74 Å². The Morgan fingerprint density at radius 2 is 1.79 bits per heavy atom. The van der Waals surface area contributed by atoms with Crippen LogP contribution in [0.3, 0.4) is 0 Å². The van der Waals surface area contributed by atoms with E-state index in [0.717, 1.165) is 17.7 Å². The summed E-state index contributed by atoms with van der Waals surface area (Å²) in [4.78, 5) is 30.2. The second-order valence-electron chi connectivity index (χ2n) is 7.39. The van der Waals surface area contributed by atoms with Crippen molar-refractivity contribution in [1.82, 2.24) is 15.0 Å². The summed E-state index contributed by atoms with van der Waals surface area (Å²) in [6.45, 7) is 2.73. The number of amides is 1. The molecule has 0 saturated carbocycles. The maximum atomic E-state index is 13.2. The Hall–Kier alpha value is -3.91. The number of benzene rings is 3. The molecule has 1 aromatic heterocycles. The Balaban J connectivity index is 1.45. The van der Waals surface area contributed by atoms with Crippen LogP contribution in [0.4, 0.5) is 0 Å². The van der Waals surface area contributed by atoms with Gasteiger partial charge >= 0.3 is 0 Å². The van der Waals surface area contributed by atoms with E-state index in [1.54, 1.807) is 18.3 Å². The van der Waals surface area contributed by atoms with Crippen molar-refractivity contribution in [1.29, 1.82) is 0 Å². The number of hydrogen-bond acceptors (Lipinski definition) is 6. The fourth-order valence-electron chi connectivity index (χ4n) is 3.23. The number of thioether (sulfide) groups is 1. The van der Waals surface area contributed by atoms with Crippen LogP contribution < -0.4 is 15.7 Å². The lowest BCUT2D eigenvalue weighted by Gasteiger charge is -2.12. The molecule has 7 nitrogen and oxygen atoms in total. The predicted octanol–water partition coefficient (Wildman–Crippen LogP) is 4.42. The van der Waals surface area contributed by atoms with E-state index in [1.165, 1.54) is 16.3 Å². The second kappa shape index (κ2) is 11.3. The van der Waals surface area contributed by atoms with Gasteiger partial charge in [-0.15, -0.1) is 0 Å². The molecule has 0 unspecified atom stereocenters. The van der Waals surface area contributed by atoms with E-state index < -0.39 is 0 Å². The van der Waals surface area contributed by atoms with Crippen LogP contribution in [0.25, 0.3) is 16.6 Å². The molecule has 172 valence electrons. The third-order valence-corrected chi connectivity index (χ3v) is 5.79. The van der Waals surface area contributed by atoms with Gasteiger partial charge in [0, 0.05) is 0 Å². The van der Waals surface area contributed by atoms with E-state index in [2.05, 4.69) is 22.4 Å². The van der Waals surface area contributed by atoms with Gasteiger partial charge in [0.1, 0.15) is 5.75 Å². The number of carbonyl (C=O) groups excluding carboxylic acids is 1. The van der Waals surface area contributed by atoms with Crippen molar-refractivity contribution in [3.8, 4) is 11.4 Å². The molecule has 1 N–H and O–H groups in total. The minimum Gasteiger partial charge on any atom is -0.494 e. The summed E-state index contributed by atoms with van der Waals surface area (Å²) >= 11 is 1.18. The monoisotopic (exact) mass is 472 g/mol. The third kappa shape index (κ3) is 5.71. The van der Waals surface area contributed by atoms with E-state index >= 15 is 0 Å². The summed E-state index contributed by atoms with van der Waals surface area (Å²) in [6.07, 6.45) is 2.52. The fraction of sp³-hybridized carbons (Fsp3) is 0.154. The number of aromatic nitrogens is 2. The first-order valence-corrected chi connectivity index (χ1v) is 11.9. The highest BCUT2D eigenvalue weighted by molar-refractivity contribution is 7.99. The summed E-state index contributed by atoms with van der Waals surface area (Å²) in [5, 5.41) is 4.99. The molecule has 0 aliphatic rings. The average Bonchev–Trinajstić information content (AvgIpc) is 2.87. The zero-order chi connectivity index (χ0) is 23.8. The van der Waals surface area contributed by atoms with Gasteiger partial charge in [-0.05, 0) is 60.5 Å². The second-order valence-corrected chi connectivity index (χ2v) is 8.33. The van der Waals surface area contributed by atoms with Crippen molar-refractivity contribution in [3.05, 3.63) is 94.8 Å². The SMILES string of the molecule is CCCOc1ccc(/C=N\NC(=O)CSc2nc3ccccc3c(=O)n2-c2ccccc2)cc1. The third-order valence-electron chi connectivity index (χ3n) is 4.85. The van der Waals surface area contributed by atoms with Crippen LogP contribution in [0.2, 0.25) is 0 Å². The van der Waals surface area contributed by atoms with Crippen LogP contribution in [0.5, 0.6) is 5.75 Å². The molecule has 0 atom stereocenters. The maximum absolute atomic E-state index is 13.2. The van der Waals surface area contributed by atoms with E-state index in [4.69, 9.17) is 4.74 Å². The molecule has 1 amide bonds. The molecule has 4 rings (SSSR count). The molecule has 8 heteroatoms. The minimum atomic E-state index is -0.300. The zero-order valence-electron chi connectivity index (χ0n) is 18.7. The van der Waals surface area contributed by atoms with Crippen LogP contribution >= 0.6 is 11.8 Å². The topological polar surface area (TPSA) is 85.6 Å². The first-order valence-electron chi connectivity index (χ1n) is 10.9. The Labute approximate surface area is 201 Å². The smallest absolute Gasteiger partial charge is 0.266 e. The number of nitrogens with zero attached hydrogens (tertiary/aromatic N) is 3. The van der Waals surface area contributed by atoms with Crippen molar-refractivity contribution in [2.24, 2.45) is 5.10 Å². The molecule has 4 aromatic rings. The molecule has 0 spiro atoms. The lowest BCUT2D eigenvalue weighted by Crippen LogP contribution is -2.24. The number of carbonyl (C=O) groups is 1. The van der Waals surface area contributed by atoms with Crippen LogP contribution in [0, 0.1) is 0 Å². The number of hydrazone groups is 1. The quantitative estimate of drug-likeness (QED) is 0.169. The van der Waals surface area contributed by atoms with Gasteiger partial charge in [0.15, 0.2) is 5.16 Å². The molecule has 0 bridgehead atoms. The molecular formula is C26H24N4O3S. The first-order chi connectivity index (χ1) is 16.7. The van der Waals surface area contributed by atoms with Crippen LogP contribution in [0.15, 0.2) is 93.9 Å². The average molecular weight is 473 g/mol. The van der Waals surface area contributed by atoms with Gasteiger partial charge in [0.25, 0.3) is 11.5 Å². The number of nitrogens with one attached hydrogen (secondary N) is 1. The van der Waals surface area contributed by atoms with Crippen LogP contribution in [0.1, 0.15) is 18.9 Å². The molecule has 3 aromatic carbocycles. The largest absolute Gasteiger partial charge is 0.494 e. The van der Waals surface area contributed by atoms with Crippen LogP contribution in [-0.4, -0.2) is 34.0 Å². The number of rotatable bonds is 9. The lowest BCUT2D eigenvalue weighted by atomic mass is 10.2. The van der Waals surface area contributed by atoms with Crippen LogP contribution in [-0.2, 0) is 4.79 Å². The van der Waals surface area contributed by atoms with E-state index in [1.807, 2.05) is 66.7 Å². The summed E-state index contributed by atoms with van der Waals surface area (Å²) in [5.74, 6) is 0.552. The van der Waals surface area contributed by atoms with Gasteiger partial charge in [0.05, 0.1) is 35.2 Å². The molecule has 0 radical (unpaired) electrons. The Morgan fingerprint density at radius 3 is 2.56 bits per heavy atom.